The first-order valence-electron chi connectivity index (χ1n) is 6.54. The first-order chi connectivity index (χ1) is 8.79. The average molecular weight is 282 g/mol. The first-order valence-corrected chi connectivity index (χ1v) is 7.42. The van der Waals surface area contributed by atoms with Gasteiger partial charge in [0.05, 0.1) is 19.2 Å². The number of carbonyl (C=O) groups excluding carboxylic acids is 1. The third kappa shape index (κ3) is 2.61. The lowest BCUT2D eigenvalue weighted by atomic mass is 10.0. The number of hydrogen-bond acceptors (Lipinski definition) is 5. The molecule has 0 radical (unpaired) electrons. The second-order valence-electron chi connectivity index (χ2n) is 6.27. The van der Waals surface area contributed by atoms with Crippen LogP contribution in [-0.4, -0.2) is 24.6 Å². The molecule has 1 N–H and O–H groups in total. The first kappa shape index (κ1) is 14.3. The molecule has 0 bridgehead atoms. The highest BCUT2D eigenvalue weighted by atomic mass is 32.1. The zero-order valence-corrected chi connectivity index (χ0v) is 13.1. The number of esters is 1. The molecular formula is C14H22N2O2S. The maximum atomic E-state index is 11.2. The van der Waals surface area contributed by atoms with Crippen molar-refractivity contribution in [1.82, 2.24) is 4.98 Å². The summed E-state index contributed by atoms with van der Waals surface area (Å²) in [5.41, 5.74) is 1.53. The fourth-order valence-corrected chi connectivity index (χ4v) is 3.44. The highest BCUT2D eigenvalue weighted by Gasteiger charge is 2.64. The van der Waals surface area contributed by atoms with Crippen molar-refractivity contribution < 1.29 is 9.53 Å². The smallest absolute Gasteiger partial charge is 0.311 e. The molecule has 1 aliphatic rings. The second kappa shape index (κ2) is 4.78. The molecule has 1 aliphatic carbocycles. The van der Waals surface area contributed by atoms with E-state index >= 15 is 0 Å². The van der Waals surface area contributed by atoms with Gasteiger partial charge < -0.3 is 10.1 Å². The molecule has 0 aromatic carbocycles. The molecule has 1 aromatic heterocycles. The maximum Gasteiger partial charge on any atom is 0.311 e. The lowest BCUT2D eigenvalue weighted by Gasteiger charge is -2.04. The van der Waals surface area contributed by atoms with Crippen molar-refractivity contribution in [2.75, 3.05) is 19.0 Å². The maximum absolute atomic E-state index is 11.2. The molecule has 0 aliphatic heterocycles. The molecule has 106 valence electrons. The minimum Gasteiger partial charge on any atom is -0.469 e. The summed E-state index contributed by atoms with van der Waals surface area (Å²) in [6.45, 7) is 10.2. The van der Waals surface area contributed by atoms with Crippen molar-refractivity contribution in [2.45, 2.75) is 34.1 Å². The summed E-state index contributed by atoms with van der Waals surface area (Å²) < 4.78 is 4.63. The van der Waals surface area contributed by atoms with Crippen LogP contribution in [-0.2, 0) is 16.0 Å². The van der Waals surface area contributed by atoms with E-state index in [9.17, 15) is 4.79 Å². The molecule has 4 nitrogen and oxygen atoms in total. The van der Waals surface area contributed by atoms with Gasteiger partial charge in [-0.05, 0) is 16.7 Å². The zero-order valence-electron chi connectivity index (χ0n) is 12.2. The Morgan fingerprint density at radius 1 is 1.42 bits per heavy atom. The van der Waals surface area contributed by atoms with E-state index in [0.29, 0.717) is 16.7 Å². The van der Waals surface area contributed by atoms with Crippen molar-refractivity contribution in [3.05, 3.63) is 11.1 Å². The van der Waals surface area contributed by atoms with Gasteiger partial charge in [-0.1, -0.05) is 27.7 Å². The SMILES string of the molecule is COC(=O)Cc1csc(NCC2C(C)(C)C2(C)C)n1. The van der Waals surface area contributed by atoms with E-state index in [-0.39, 0.29) is 12.4 Å². The molecule has 0 saturated heterocycles. The van der Waals surface area contributed by atoms with E-state index in [0.717, 1.165) is 17.4 Å². The molecule has 0 spiro atoms. The van der Waals surface area contributed by atoms with Crippen molar-refractivity contribution in [3.63, 3.8) is 0 Å². The van der Waals surface area contributed by atoms with Gasteiger partial charge in [0.1, 0.15) is 0 Å². The van der Waals surface area contributed by atoms with Crippen LogP contribution in [0.2, 0.25) is 0 Å². The number of aromatic nitrogens is 1. The van der Waals surface area contributed by atoms with Crippen LogP contribution in [0.15, 0.2) is 5.38 Å². The minimum atomic E-state index is -0.249. The molecule has 0 atom stereocenters. The Labute approximate surface area is 118 Å². The molecule has 19 heavy (non-hydrogen) atoms. The van der Waals surface area contributed by atoms with Gasteiger partial charge in [0, 0.05) is 11.9 Å². The highest BCUT2D eigenvalue weighted by molar-refractivity contribution is 7.13. The topological polar surface area (TPSA) is 51.2 Å². The lowest BCUT2D eigenvalue weighted by Crippen LogP contribution is -2.08. The van der Waals surface area contributed by atoms with Crippen LogP contribution in [0.3, 0.4) is 0 Å². The van der Waals surface area contributed by atoms with Crippen molar-refractivity contribution in [3.8, 4) is 0 Å². The van der Waals surface area contributed by atoms with Crippen molar-refractivity contribution >= 4 is 22.4 Å². The molecule has 2 rings (SSSR count). The molecule has 0 unspecified atom stereocenters. The Hall–Kier alpha value is -1.10. The average Bonchev–Trinajstić information content (AvgIpc) is 2.70. The van der Waals surface area contributed by atoms with Gasteiger partial charge in [0.25, 0.3) is 0 Å². The fraction of sp³-hybridized carbons (Fsp3) is 0.714. The molecule has 1 saturated carbocycles. The third-order valence-corrected chi connectivity index (χ3v) is 5.73. The highest BCUT2D eigenvalue weighted by Crippen LogP contribution is 2.68. The number of methoxy groups -OCH3 is 1. The number of carbonyl (C=O) groups is 1. The zero-order chi connectivity index (χ0) is 14.3. The van der Waals surface area contributed by atoms with Crippen molar-refractivity contribution in [2.24, 2.45) is 16.7 Å². The largest absolute Gasteiger partial charge is 0.469 e. The van der Waals surface area contributed by atoms with E-state index in [2.05, 4.69) is 42.7 Å². The number of rotatable bonds is 5. The standard InChI is InChI=1S/C14H22N2O2S/c1-13(2)10(14(13,3)4)7-15-12-16-9(8-19-12)6-11(17)18-5/h8,10H,6-7H2,1-5H3,(H,15,16). The normalized spacial score (nSPS) is 20.1. The molecule has 5 heteroatoms. The Balaban J connectivity index is 1.87. The Morgan fingerprint density at radius 3 is 2.58 bits per heavy atom. The second-order valence-corrected chi connectivity index (χ2v) is 7.13. The predicted octanol–water partition coefficient (Wildman–Crippen LogP) is 2.95. The fourth-order valence-electron chi connectivity index (χ4n) is 2.72. The van der Waals surface area contributed by atoms with E-state index < -0.39 is 0 Å². The summed E-state index contributed by atoms with van der Waals surface area (Å²) in [5, 5.41) is 6.18. The van der Waals surface area contributed by atoms with E-state index in [1.807, 2.05) is 5.38 Å². The molecule has 1 aromatic rings. The van der Waals surface area contributed by atoms with Crippen molar-refractivity contribution in [1.29, 1.82) is 0 Å². The van der Waals surface area contributed by atoms with Crippen LogP contribution in [0.1, 0.15) is 33.4 Å². The molecular weight excluding hydrogens is 260 g/mol. The number of anilines is 1. The monoisotopic (exact) mass is 282 g/mol. The Bertz CT molecular complexity index is 466. The third-order valence-electron chi connectivity index (χ3n) is 4.88. The van der Waals surface area contributed by atoms with Crippen LogP contribution in [0.4, 0.5) is 5.13 Å². The summed E-state index contributed by atoms with van der Waals surface area (Å²) in [4.78, 5) is 15.6. The number of hydrogen-bond donors (Lipinski definition) is 1. The van der Waals surface area contributed by atoms with Gasteiger partial charge in [-0.15, -0.1) is 11.3 Å². The summed E-state index contributed by atoms with van der Waals surface area (Å²) in [6.07, 6.45) is 0.245. The van der Waals surface area contributed by atoms with Crippen LogP contribution in [0.5, 0.6) is 0 Å². The predicted molar refractivity (Wildman–Crippen MR) is 77.4 cm³/mol. The molecule has 0 amide bonds. The lowest BCUT2D eigenvalue weighted by molar-refractivity contribution is -0.139. The summed E-state index contributed by atoms with van der Waals surface area (Å²) in [5.74, 6) is 0.411. The Morgan fingerprint density at radius 2 is 2.05 bits per heavy atom. The van der Waals surface area contributed by atoms with E-state index in [1.54, 1.807) is 11.3 Å². The van der Waals surface area contributed by atoms with Gasteiger partial charge in [0.15, 0.2) is 5.13 Å². The van der Waals surface area contributed by atoms with Crippen LogP contribution >= 0.6 is 11.3 Å². The number of ether oxygens (including phenoxy) is 1. The van der Waals surface area contributed by atoms with Gasteiger partial charge in [-0.3, -0.25) is 4.79 Å². The number of nitrogens with zero attached hydrogens (tertiary/aromatic N) is 1. The number of thiazole rings is 1. The van der Waals surface area contributed by atoms with Gasteiger partial charge in [0.2, 0.25) is 0 Å². The van der Waals surface area contributed by atoms with E-state index in [4.69, 9.17) is 0 Å². The summed E-state index contributed by atoms with van der Waals surface area (Å²) in [7, 11) is 1.39. The van der Waals surface area contributed by atoms with Crippen LogP contribution in [0, 0.1) is 16.7 Å². The van der Waals surface area contributed by atoms with Crippen LogP contribution in [0.25, 0.3) is 0 Å². The molecule has 1 fully saturated rings. The quantitative estimate of drug-likeness (QED) is 0.844. The minimum absolute atomic E-state index is 0.245. The van der Waals surface area contributed by atoms with Crippen LogP contribution < -0.4 is 5.32 Å². The van der Waals surface area contributed by atoms with Gasteiger partial charge in [-0.25, -0.2) is 4.98 Å². The van der Waals surface area contributed by atoms with Gasteiger partial charge >= 0.3 is 5.97 Å². The summed E-state index contributed by atoms with van der Waals surface area (Å²) in [6, 6.07) is 0. The summed E-state index contributed by atoms with van der Waals surface area (Å²) >= 11 is 1.54. The van der Waals surface area contributed by atoms with E-state index in [1.165, 1.54) is 7.11 Å². The van der Waals surface area contributed by atoms with Gasteiger partial charge in [-0.2, -0.15) is 0 Å². The Kier molecular flexibility index (Phi) is 3.60. The molecule has 1 heterocycles. The number of nitrogens with one attached hydrogen (secondary N) is 1.